The Morgan fingerprint density at radius 1 is 1.32 bits per heavy atom. The number of amides is 1. The van der Waals surface area contributed by atoms with Gasteiger partial charge < -0.3 is 5.32 Å². The van der Waals surface area contributed by atoms with Crippen LogP contribution in [0.5, 0.6) is 0 Å². The molecule has 19 heavy (non-hydrogen) atoms. The van der Waals surface area contributed by atoms with Crippen molar-refractivity contribution in [3.05, 3.63) is 12.4 Å². The van der Waals surface area contributed by atoms with E-state index in [9.17, 15) is 4.79 Å². The molecular formula is C13H23N5O. The smallest absolute Gasteiger partial charge is 0.237 e. The second-order valence-corrected chi connectivity index (χ2v) is 5.08. The molecule has 1 atom stereocenters. The Kier molecular flexibility index (Phi) is 5.32. The average Bonchev–Trinajstić information content (AvgIpc) is 2.78. The Hall–Kier alpha value is -1.43. The van der Waals surface area contributed by atoms with Gasteiger partial charge in [0, 0.05) is 12.7 Å². The highest BCUT2D eigenvalue weighted by Crippen LogP contribution is 2.12. The fourth-order valence-corrected chi connectivity index (χ4v) is 2.44. The van der Waals surface area contributed by atoms with Crippen molar-refractivity contribution < 1.29 is 4.79 Å². The summed E-state index contributed by atoms with van der Waals surface area (Å²) in [6, 6.07) is -0.0335. The number of hydrogen-bond donors (Lipinski definition) is 1. The van der Waals surface area contributed by atoms with Gasteiger partial charge in [0.1, 0.15) is 0 Å². The van der Waals surface area contributed by atoms with E-state index in [0.717, 1.165) is 13.1 Å². The summed E-state index contributed by atoms with van der Waals surface area (Å²) in [4.78, 5) is 14.4. The molecule has 1 saturated heterocycles. The molecule has 0 bridgehead atoms. The van der Waals surface area contributed by atoms with Crippen LogP contribution in [-0.4, -0.2) is 51.5 Å². The maximum atomic E-state index is 12.1. The number of nitrogens with one attached hydrogen (secondary N) is 1. The minimum Gasteiger partial charge on any atom is -0.353 e. The Balaban J connectivity index is 1.72. The molecular weight excluding hydrogens is 242 g/mol. The molecule has 1 aromatic rings. The molecule has 1 amide bonds. The topological polar surface area (TPSA) is 63.1 Å². The Labute approximate surface area is 114 Å². The number of nitrogens with zero attached hydrogens (tertiary/aromatic N) is 4. The van der Waals surface area contributed by atoms with Crippen molar-refractivity contribution in [3.63, 3.8) is 0 Å². The van der Waals surface area contributed by atoms with Gasteiger partial charge in [0.05, 0.1) is 18.8 Å². The molecule has 6 heteroatoms. The highest BCUT2D eigenvalue weighted by molar-refractivity contribution is 5.81. The van der Waals surface area contributed by atoms with Gasteiger partial charge in [0.15, 0.2) is 0 Å². The van der Waals surface area contributed by atoms with E-state index >= 15 is 0 Å². The lowest BCUT2D eigenvalue weighted by molar-refractivity contribution is -0.125. The van der Waals surface area contributed by atoms with Crippen LogP contribution in [0.4, 0.5) is 0 Å². The maximum Gasteiger partial charge on any atom is 0.237 e. The molecule has 106 valence electrons. The van der Waals surface area contributed by atoms with Crippen molar-refractivity contribution in [2.45, 2.75) is 45.2 Å². The van der Waals surface area contributed by atoms with Crippen molar-refractivity contribution in [2.75, 3.05) is 19.6 Å². The molecule has 2 heterocycles. The molecule has 1 unspecified atom stereocenters. The van der Waals surface area contributed by atoms with E-state index in [0.29, 0.717) is 13.1 Å². The first-order valence-corrected chi connectivity index (χ1v) is 7.13. The van der Waals surface area contributed by atoms with Crippen LogP contribution in [0.25, 0.3) is 0 Å². The van der Waals surface area contributed by atoms with Crippen LogP contribution in [0, 0.1) is 0 Å². The van der Waals surface area contributed by atoms with Gasteiger partial charge in [-0.3, -0.25) is 14.4 Å². The monoisotopic (exact) mass is 265 g/mol. The molecule has 0 saturated carbocycles. The van der Waals surface area contributed by atoms with Crippen LogP contribution in [0.2, 0.25) is 0 Å². The first-order valence-electron chi connectivity index (χ1n) is 7.13. The molecule has 2 rings (SSSR count). The standard InChI is InChI=1S/C13H23N5O/c1-12(17-8-4-2-3-5-9-17)13(19)14-6-10-18-11-7-15-16-18/h7,11-12H,2-6,8-10H2,1H3,(H,14,19). The summed E-state index contributed by atoms with van der Waals surface area (Å²) in [7, 11) is 0. The van der Waals surface area contributed by atoms with Gasteiger partial charge in [-0.05, 0) is 32.9 Å². The van der Waals surface area contributed by atoms with Crippen LogP contribution in [0.1, 0.15) is 32.6 Å². The molecule has 1 fully saturated rings. The second kappa shape index (κ2) is 7.23. The van der Waals surface area contributed by atoms with E-state index in [1.807, 2.05) is 6.92 Å². The van der Waals surface area contributed by atoms with Gasteiger partial charge in [-0.1, -0.05) is 18.1 Å². The number of carbonyl (C=O) groups excluding carboxylic acids is 1. The zero-order valence-electron chi connectivity index (χ0n) is 11.6. The third kappa shape index (κ3) is 4.31. The quantitative estimate of drug-likeness (QED) is 0.849. The number of likely N-dealkylation sites (tertiary alicyclic amines) is 1. The minimum atomic E-state index is -0.0335. The number of hydrogen-bond acceptors (Lipinski definition) is 4. The number of rotatable bonds is 5. The molecule has 1 aromatic heterocycles. The SMILES string of the molecule is CC(C(=O)NCCn1ccnn1)N1CCCCCC1. The highest BCUT2D eigenvalue weighted by Gasteiger charge is 2.21. The molecule has 0 radical (unpaired) electrons. The molecule has 6 nitrogen and oxygen atoms in total. The first kappa shape index (κ1) is 14.0. The summed E-state index contributed by atoms with van der Waals surface area (Å²) >= 11 is 0. The summed E-state index contributed by atoms with van der Waals surface area (Å²) in [5, 5.41) is 10.6. The van der Waals surface area contributed by atoms with E-state index in [-0.39, 0.29) is 11.9 Å². The Morgan fingerprint density at radius 2 is 2.05 bits per heavy atom. The van der Waals surface area contributed by atoms with Crippen LogP contribution in [0.3, 0.4) is 0 Å². The third-order valence-electron chi connectivity index (χ3n) is 3.68. The van der Waals surface area contributed by atoms with Crippen molar-refractivity contribution in [1.82, 2.24) is 25.2 Å². The molecule has 0 spiro atoms. The second-order valence-electron chi connectivity index (χ2n) is 5.08. The normalized spacial score (nSPS) is 18.8. The van der Waals surface area contributed by atoms with E-state index in [2.05, 4.69) is 20.5 Å². The lowest BCUT2D eigenvalue weighted by Crippen LogP contribution is -2.46. The molecule has 1 aliphatic rings. The lowest BCUT2D eigenvalue weighted by Gasteiger charge is -2.26. The summed E-state index contributed by atoms with van der Waals surface area (Å²) in [5.74, 6) is 0.113. The predicted molar refractivity (Wildman–Crippen MR) is 72.5 cm³/mol. The van der Waals surface area contributed by atoms with Gasteiger partial charge >= 0.3 is 0 Å². The fourth-order valence-electron chi connectivity index (χ4n) is 2.44. The van der Waals surface area contributed by atoms with Crippen molar-refractivity contribution in [3.8, 4) is 0 Å². The zero-order chi connectivity index (χ0) is 13.5. The number of carbonyl (C=O) groups is 1. The van der Waals surface area contributed by atoms with Crippen molar-refractivity contribution in [2.24, 2.45) is 0 Å². The lowest BCUT2D eigenvalue weighted by atomic mass is 10.2. The Bertz CT molecular complexity index is 370. The molecule has 0 aromatic carbocycles. The predicted octanol–water partition coefficient (Wildman–Crippen LogP) is 0.659. The average molecular weight is 265 g/mol. The van der Waals surface area contributed by atoms with E-state index in [4.69, 9.17) is 0 Å². The van der Waals surface area contributed by atoms with E-state index in [1.165, 1.54) is 25.7 Å². The zero-order valence-corrected chi connectivity index (χ0v) is 11.6. The van der Waals surface area contributed by atoms with E-state index < -0.39 is 0 Å². The van der Waals surface area contributed by atoms with E-state index in [1.54, 1.807) is 17.1 Å². The fraction of sp³-hybridized carbons (Fsp3) is 0.769. The summed E-state index contributed by atoms with van der Waals surface area (Å²) in [5.41, 5.74) is 0. The number of aromatic nitrogens is 3. The highest BCUT2D eigenvalue weighted by atomic mass is 16.2. The van der Waals surface area contributed by atoms with Gasteiger partial charge in [-0.2, -0.15) is 0 Å². The van der Waals surface area contributed by atoms with Gasteiger partial charge in [0.25, 0.3) is 0 Å². The summed E-state index contributed by atoms with van der Waals surface area (Å²) in [6.45, 7) is 5.34. The summed E-state index contributed by atoms with van der Waals surface area (Å²) < 4.78 is 1.72. The molecule has 0 aliphatic carbocycles. The van der Waals surface area contributed by atoms with Crippen LogP contribution in [-0.2, 0) is 11.3 Å². The first-order chi connectivity index (χ1) is 9.27. The van der Waals surface area contributed by atoms with Gasteiger partial charge in [-0.25, -0.2) is 0 Å². The third-order valence-corrected chi connectivity index (χ3v) is 3.68. The van der Waals surface area contributed by atoms with Crippen LogP contribution < -0.4 is 5.32 Å². The van der Waals surface area contributed by atoms with Crippen LogP contribution >= 0.6 is 0 Å². The maximum absolute atomic E-state index is 12.1. The van der Waals surface area contributed by atoms with Gasteiger partial charge in [-0.15, -0.1) is 5.10 Å². The van der Waals surface area contributed by atoms with Gasteiger partial charge in [0.2, 0.25) is 5.91 Å². The largest absolute Gasteiger partial charge is 0.353 e. The van der Waals surface area contributed by atoms with Crippen molar-refractivity contribution >= 4 is 5.91 Å². The molecule has 1 N–H and O–H groups in total. The minimum absolute atomic E-state index is 0.0335. The van der Waals surface area contributed by atoms with Crippen molar-refractivity contribution in [1.29, 1.82) is 0 Å². The Morgan fingerprint density at radius 3 is 2.68 bits per heavy atom. The summed E-state index contributed by atoms with van der Waals surface area (Å²) in [6.07, 6.45) is 8.42. The van der Waals surface area contributed by atoms with Crippen LogP contribution in [0.15, 0.2) is 12.4 Å². The molecule has 1 aliphatic heterocycles.